The summed E-state index contributed by atoms with van der Waals surface area (Å²) in [6.07, 6.45) is 2.41. The molecule has 1 rings (SSSR count). The molecule has 12 heavy (non-hydrogen) atoms. The van der Waals surface area contributed by atoms with Crippen molar-refractivity contribution in [2.45, 2.75) is 26.7 Å². The minimum atomic E-state index is 0.101. The maximum Gasteiger partial charge on any atom is 0.317 e. The van der Waals surface area contributed by atoms with Crippen molar-refractivity contribution < 1.29 is 4.79 Å². The molecule has 2 amide bonds. The van der Waals surface area contributed by atoms with Crippen LogP contribution >= 0.6 is 0 Å². The molecule has 0 saturated carbocycles. The molecule has 0 aromatic carbocycles. The second kappa shape index (κ2) is 4.33. The number of likely N-dealkylation sites (tertiary alicyclic amines) is 1. The molecular weight excluding hydrogens is 152 g/mol. The van der Waals surface area contributed by atoms with Crippen LogP contribution in [0.3, 0.4) is 0 Å². The lowest BCUT2D eigenvalue weighted by atomic mass is 10.0. The van der Waals surface area contributed by atoms with Crippen LogP contribution in [0.2, 0.25) is 0 Å². The molecule has 1 atom stereocenters. The number of piperidine rings is 1. The van der Waals surface area contributed by atoms with Crippen molar-refractivity contribution >= 4 is 6.03 Å². The summed E-state index contributed by atoms with van der Waals surface area (Å²) in [5.41, 5.74) is 0. The lowest BCUT2D eigenvalue weighted by molar-refractivity contribution is 0.170. The van der Waals surface area contributed by atoms with Gasteiger partial charge in [0.25, 0.3) is 0 Å². The second-order valence-corrected chi connectivity index (χ2v) is 3.53. The Morgan fingerprint density at radius 1 is 1.67 bits per heavy atom. The molecule has 0 aromatic heterocycles. The molecule has 0 bridgehead atoms. The van der Waals surface area contributed by atoms with E-state index in [-0.39, 0.29) is 6.03 Å². The summed E-state index contributed by atoms with van der Waals surface area (Å²) in [6.45, 7) is 6.72. The van der Waals surface area contributed by atoms with E-state index in [1.807, 2.05) is 11.8 Å². The van der Waals surface area contributed by atoms with Gasteiger partial charge in [0, 0.05) is 19.6 Å². The highest BCUT2D eigenvalue weighted by atomic mass is 16.2. The number of nitrogens with one attached hydrogen (secondary N) is 1. The fraction of sp³-hybridized carbons (Fsp3) is 0.889. The van der Waals surface area contributed by atoms with Gasteiger partial charge >= 0.3 is 6.03 Å². The summed E-state index contributed by atoms with van der Waals surface area (Å²) in [7, 11) is 0. The molecule has 0 aliphatic carbocycles. The van der Waals surface area contributed by atoms with E-state index in [0.717, 1.165) is 26.1 Å². The average Bonchev–Trinajstić information content (AvgIpc) is 2.05. The van der Waals surface area contributed by atoms with E-state index in [4.69, 9.17) is 0 Å². The van der Waals surface area contributed by atoms with Crippen LogP contribution in [0.25, 0.3) is 0 Å². The standard InChI is InChI=1S/C9H18N2O/c1-3-10-9(12)11-6-4-5-8(2)7-11/h8H,3-7H2,1-2H3,(H,10,12)/t8-/m0/s1. The van der Waals surface area contributed by atoms with Crippen molar-refractivity contribution in [1.82, 2.24) is 10.2 Å². The lowest BCUT2D eigenvalue weighted by Gasteiger charge is -2.30. The van der Waals surface area contributed by atoms with Gasteiger partial charge in [-0.3, -0.25) is 0 Å². The highest BCUT2D eigenvalue weighted by Crippen LogP contribution is 2.14. The molecule has 1 N–H and O–H groups in total. The first-order valence-electron chi connectivity index (χ1n) is 4.76. The van der Waals surface area contributed by atoms with E-state index >= 15 is 0 Å². The number of carbonyl (C=O) groups is 1. The fourth-order valence-corrected chi connectivity index (χ4v) is 1.64. The summed E-state index contributed by atoms with van der Waals surface area (Å²) in [5.74, 6) is 0.668. The highest BCUT2D eigenvalue weighted by molar-refractivity contribution is 5.74. The van der Waals surface area contributed by atoms with E-state index in [0.29, 0.717) is 5.92 Å². The molecule has 0 unspecified atom stereocenters. The second-order valence-electron chi connectivity index (χ2n) is 3.53. The number of rotatable bonds is 1. The van der Waals surface area contributed by atoms with Crippen LogP contribution in [0.5, 0.6) is 0 Å². The van der Waals surface area contributed by atoms with Gasteiger partial charge < -0.3 is 10.2 Å². The van der Waals surface area contributed by atoms with E-state index in [9.17, 15) is 4.79 Å². The smallest absolute Gasteiger partial charge is 0.317 e. The molecule has 3 nitrogen and oxygen atoms in total. The van der Waals surface area contributed by atoms with Crippen LogP contribution in [-0.2, 0) is 0 Å². The summed E-state index contributed by atoms with van der Waals surface area (Å²) >= 11 is 0. The monoisotopic (exact) mass is 170 g/mol. The molecule has 1 heterocycles. The fourth-order valence-electron chi connectivity index (χ4n) is 1.64. The zero-order chi connectivity index (χ0) is 8.97. The van der Waals surface area contributed by atoms with Gasteiger partial charge in [0.1, 0.15) is 0 Å². The van der Waals surface area contributed by atoms with Gasteiger partial charge in [0.2, 0.25) is 0 Å². The van der Waals surface area contributed by atoms with Crippen LogP contribution < -0.4 is 5.32 Å². The number of hydrogen-bond acceptors (Lipinski definition) is 1. The average molecular weight is 170 g/mol. The largest absolute Gasteiger partial charge is 0.338 e. The van der Waals surface area contributed by atoms with Crippen LogP contribution in [0.4, 0.5) is 4.79 Å². The van der Waals surface area contributed by atoms with Gasteiger partial charge in [-0.2, -0.15) is 0 Å². The molecule has 1 fully saturated rings. The molecule has 1 aliphatic heterocycles. The Morgan fingerprint density at radius 3 is 3.00 bits per heavy atom. The van der Waals surface area contributed by atoms with Crippen molar-refractivity contribution in [3.8, 4) is 0 Å². The molecule has 1 saturated heterocycles. The van der Waals surface area contributed by atoms with Crippen molar-refractivity contribution in [3.63, 3.8) is 0 Å². The van der Waals surface area contributed by atoms with Gasteiger partial charge in [-0.15, -0.1) is 0 Å². The Morgan fingerprint density at radius 2 is 2.42 bits per heavy atom. The molecule has 1 aliphatic rings. The third-order valence-corrected chi connectivity index (χ3v) is 2.27. The number of amides is 2. The topological polar surface area (TPSA) is 32.3 Å². The van der Waals surface area contributed by atoms with Crippen molar-refractivity contribution in [2.75, 3.05) is 19.6 Å². The minimum Gasteiger partial charge on any atom is -0.338 e. The molecule has 0 spiro atoms. The quantitative estimate of drug-likeness (QED) is 0.634. The van der Waals surface area contributed by atoms with Crippen molar-refractivity contribution in [3.05, 3.63) is 0 Å². The normalized spacial score (nSPS) is 23.8. The number of carbonyl (C=O) groups excluding carboxylic acids is 1. The van der Waals surface area contributed by atoms with Gasteiger partial charge in [-0.05, 0) is 25.7 Å². The lowest BCUT2D eigenvalue weighted by Crippen LogP contribution is -2.44. The number of urea groups is 1. The Hall–Kier alpha value is -0.730. The van der Waals surface area contributed by atoms with Crippen LogP contribution in [0.1, 0.15) is 26.7 Å². The first-order valence-corrected chi connectivity index (χ1v) is 4.76. The molecule has 3 heteroatoms. The Bertz CT molecular complexity index is 159. The third kappa shape index (κ3) is 2.40. The minimum absolute atomic E-state index is 0.101. The van der Waals surface area contributed by atoms with E-state index in [1.165, 1.54) is 6.42 Å². The zero-order valence-electron chi connectivity index (χ0n) is 7.97. The van der Waals surface area contributed by atoms with Crippen LogP contribution in [-0.4, -0.2) is 30.6 Å². The Kier molecular flexibility index (Phi) is 3.38. The summed E-state index contributed by atoms with van der Waals surface area (Å²) in [4.78, 5) is 13.3. The predicted molar refractivity (Wildman–Crippen MR) is 49.0 cm³/mol. The van der Waals surface area contributed by atoms with Gasteiger partial charge in [0.15, 0.2) is 0 Å². The van der Waals surface area contributed by atoms with E-state index in [1.54, 1.807) is 0 Å². The highest BCUT2D eigenvalue weighted by Gasteiger charge is 2.19. The van der Waals surface area contributed by atoms with E-state index < -0.39 is 0 Å². The van der Waals surface area contributed by atoms with Gasteiger partial charge in [0.05, 0.1) is 0 Å². The Balaban J connectivity index is 2.35. The summed E-state index contributed by atoms with van der Waals surface area (Å²) in [6, 6.07) is 0.101. The van der Waals surface area contributed by atoms with E-state index in [2.05, 4.69) is 12.2 Å². The van der Waals surface area contributed by atoms with Gasteiger partial charge in [-0.1, -0.05) is 6.92 Å². The number of hydrogen-bond donors (Lipinski definition) is 1. The Labute approximate surface area is 74.1 Å². The third-order valence-electron chi connectivity index (χ3n) is 2.27. The molecular formula is C9H18N2O. The maximum atomic E-state index is 11.4. The molecule has 70 valence electrons. The van der Waals surface area contributed by atoms with Crippen LogP contribution in [0, 0.1) is 5.92 Å². The summed E-state index contributed by atoms with van der Waals surface area (Å²) in [5, 5.41) is 2.82. The number of nitrogens with zero attached hydrogens (tertiary/aromatic N) is 1. The molecule has 0 aromatic rings. The van der Waals surface area contributed by atoms with Crippen molar-refractivity contribution in [2.24, 2.45) is 5.92 Å². The first kappa shape index (κ1) is 9.36. The predicted octanol–water partition coefficient (Wildman–Crippen LogP) is 1.45. The molecule has 0 radical (unpaired) electrons. The van der Waals surface area contributed by atoms with Crippen molar-refractivity contribution in [1.29, 1.82) is 0 Å². The maximum absolute atomic E-state index is 11.4. The van der Waals surface area contributed by atoms with Gasteiger partial charge in [-0.25, -0.2) is 4.79 Å². The zero-order valence-corrected chi connectivity index (χ0v) is 7.97. The summed E-state index contributed by atoms with van der Waals surface area (Å²) < 4.78 is 0. The van der Waals surface area contributed by atoms with Crippen LogP contribution in [0.15, 0.2) is 0 Å². The first-order chi connectivity index (χ1) is 5.74. The SMILES string of the molecule is CCNC(=O)N1CCC[C@H](C)C1.